The first-order chi connectivity index (χ1) is 15.0. The number of nitrogens with one attached hydrogen (secondary N) is 2. The molecule has 31 heavy (non-hydrogen) atoms. The van der Waals surface area contributed by atoms with Gasteiger partial charge in [0.25, 0.3) is 0 Å². The van der Waals surface area contributed by atoms with Gasteiger partial charge < -0.3 is 15.2 Å². The zero-order valence-electron chi connectivity index (χ0n) is 17.0. The number of rotatable bonds is 2. The first-order valence-electron chi connectivity index (χ1n) is 10.2. The molecule has 0 spiro atoms. The van der Waals surface area contributed by atoms with E-state index in [2.05, 4.69) is 16.4 Å². The van der Waals surface area contributed by atoms with Crippen molar-refractivity contribution in [1.29, 1.82) is 0 Å². The number of halogens is 2. The third kappa shape index (κ3) is 3.44. The van der Waals surface area contributed by atoms with Crippen LogP contribution in [0.5, 0.6) is 0 Å². The highest BCUT2D eigenvalue weighted by Gasteiger charge is 2.34. The Kier molecular flexibility index (Phi) is 4.70. The molecular weight excluding hydrogens is 396 g/mol. The van der Waals surface area contributed by atoms with Gasteiger partial charge in [-0.05, 0) is 42.7 Å². The SMILES string of the molecule is Cc1ccc([C@H]2c3[nH]c4ccccc4c3CCN2C(=O)Nc2cc(F)ccc2F)cc1. The van der Waals surface area contributed by atoms with E-state index in [1.165, 1.54) is 5.56 Å². The van der Waals surface area contributed by atoms with E-state index in [0.717, 1.165) is 45.9 Å². The van der Waals surface area contributed by atoms with Gasteiger partial charge in [-0.3, -0.25) is 0 Å². The predicted molar refractivity (Wildman–Crippen MR) is 117 cm³/mol. The highest BCUT2D eigenvalue weighted by atomic mass is 19.1. The van der Waals surface area contributed by atoms with E-state index in [-0.39, 0.29) is 11.7 Å². The molecule has 1 aliphatic rings. The number of hydrogen-bond donors (Lipinski definition) is 2. The van der Waals surface area contributed by atoms with E-state index in [9.17, 15) is 13.6 Å². The van der Waals surface area contributed by atoms with Gasteiger partial charge in [-0.15, -0.1) is 0 Å². The van der Waals surface area contributed by atoms with Gasteiger partial charge in [0.1, 0.15) is 11.6 Å². The first kappa shape index (κ1) is 19.3. The molecule has 6 heteroatoms. The summed E-state index contributed by atoms with van der Waals surface area (Å²) in [6, 6.07) is 18.3. The molecule has 1 atom stereocenters. The number of aromatic amines is 1. The lowest BCUT2D eigenvalue weighted by molar-refractivity contribution is 0.193. The van der Waals surface area contributed by atoms with E-state index < -0.39 is 17.7 Å². The van der Waals surface area contributed by atoms with Gasteiger partial charge in [-0.2, -0.15) is 0 Å². The number of aromatic nitrogens is 1. The topological polar surface area (TPSA) is 48.1 Å². The van der Waals surface area contributed by atoms with Crippen LogP contribution in [0.15, 0.2) is 66.7 Å². The molecule has 4 nitrogen and oxygen atoms in total. The minimum absolute atomic E-state index is 0.171. The monoisotopic (exact) mass is 417 g/mol. The minimum Gasteiger partial charge on any atom is -0.356 e. The van der Waals surface area contributed by atoms with Crippen LogP contribution >= 0.6 is 0 Å². The number of carbonyl (C=O) groups is 1. The fraction of sp³-hybridized carbons (Fsp3) is 0.160. The van der Waals surface area contributed by atoms with Gasteiger partial charge in [0.2, 0.25) is 0 Å². The average molecular weight is 417 g/mol. The molecule has 2 amide bonds. The van der Waals surface area contributed by atoms with Gasteiger partial charge in [-0.25, -0.2) is 13.6 Å². The van der Waals surface area contributed by atoms with Crippen LogP contribution in [0.25, 0.3) is 10.9 Å². The molecule has 0 unspecified atom stereocenters. The fourth-order valence-electron chi connectivity index (χ4n) is 4.34. The number of carbonyl (C=O) groups excluding carboxylic acids is 1. The average Bonchev–Trinajstić information content (AvgIpc) is 3.15. The van der Waals surface area contributed by atoms with E-state index >= 15 is 0 Å². The number of para-hydroxylation sites is 1. The fourth-order valence-corrected chi connectivity index (χ4v) is 4.34. The van der Waals surface area contributed by atoms with E-state index in [1.807, 2.05) is 49.4 Å². The van der Waals surface area contributed by atoms with Crippen LogP contribution in [0.4, 0.5) is 19.3 Å². The molecule has 1 aliphatic heterocycles. The number of anilines is 1. The van der Waals surface area contributed by atoms with Gasteiger partial charge in [-0.1, -0.05) is 48.0 Å². The van der Waals surface area contributed by atoms with E-state index in [0.29, 0.717) is 13.0 Å². The van der Waals surface area contributed by atoms with Crippen LogP contribution in [-0.4, -0.2) is 22.5 Å². The normalized spacial score (nSPS) is 15.7. The van der Waals surface area contributed by atoms with Crippen LogP contribution in [0.3, 0.4) is 0 Å². The van der Waals surface area contributed by atoms with Crippen molar-refractivity contribution < 1.29 is 13.6 Å². The summed E-state index contributed by atoms with van der Waals surface area (Å²) in [5.41, 5.74) is 5.05. The maximum absolute atomic E-state index is 14.1. The maximum atomic E-state index is 14.1. The van der Waals surface area contributed by atoms with Crippen LogP contribution in [0, 0.1) is 18.6 Å². The molecule has 1 aromatic heterocycles. The van der Waals surface area contributed by atoms with E-state index in [1.54, 1.807) is 4.90 Å². The number of hydrogen-bond acceptors (Lipinski definition) is 1. The molecule has 3 aromatic carbocycles. The third-order valence-corrected chi connectivity index (χ3v) is 5.86. The number of nitrogens with zero attached hydrogens (tertiary/aromatic N) is 1. The van der Waals surface area contributed by atoms with Crippen molar-refractivity contribution in [3.8, 4) is 0 Å². The van der Waals surface area contributed by atoms with Crippen molar-refractivity contribution in [2.45, 2.75) is 19.4 Å². The van der Waals surface area contributed by atoms with Crippen molar-refractivity contribution >= 4 is 22.6 Å². The second kappa shape index (κ2) is 7.54. The van der Waals surface area contributed by atoms with Gasteiger partial charge in [0.15, 0.2) is 0 Å². The summed E-state index contributed by atoms with van der Waals surface area (Å²) in [6.07, 6.45) is 0.667. The molecule has 0 fully saturated rings. The van der Waals surface area contributed by atoms with Crippen LogP contribution in [0.1, 0.15) is 28.4 Å². The Morgan fingerprint density at radius 3 is 2.65 bits per heavy atom. The molecule has 4 aromatic rings. The molecule has 0 radical (unpaired) electrons. The zero-order chi connectivity index (χ0) is 21.5. The number of urea groups is 1. The summed E-state index contributed by atoms with van der Waals surface area (Å²) in [5.74, 6) is -1.28. The molecule has 2 N–H and O–H groups in total. The van der Waals surface area contributed by atoms with Crippen molar-refractivity contribution in [1.82, 2.24) is 9.88 Å². The first-order valence-corrected chi connectivity index (χ1v) is 10.2. The van der Waals surface area contributed by atoms with Crippen molar-refractivity contribution in [3.63, 3.8) is 0 Å². The number of benzene rings is 3. The Balaban J connectivity index is 1.58. The highest BCUT2D eigenvalue weighted by molar-refractivity contribution is 5.91. The number of fused-ring (bicyclic) bond motifs is 3. The molecule has 0 saturated heterocycles. The third-order valence-electron chi connectivity index (χ3n) is 5.86. The number of aryl methyl sites for hydroxylation is 1. The second-order valence-corrected chi connectivity index (χ2v) is 7.87. The van der Waals surface area contributed by atoms with Crippen molar-refractivity contribution in [3.05, 3.63) is 101 Å². The summed E-state index contributed by atoms with van der Waals surface area (Å²) < 4.78 is 27.7. The van der Waals surface area contributed by atoms with Crippen molar-refractivity contribution in [2.75, 3.05) is 11.9 Å². The van der Waals surface area contributed by atoms with Crippen LogP contribution in [0.2, 0.25) is 0 Å². The molecule has 2 heterocycles. The molecule has 0 aliphatic carbocycles. The molecule has 0 bridgehead atoms. The standard InChI is InChI=1S/C25H21F2N3O/c1-15-6-8-16(9-7-15)24-23-19(18-4-2-3-5-21(18)28-23)12-13-30(24)25(31)29-22-14-17(26)10-11-20(22)27/h2-11,14,24,28H,12-13H2,1H3,(H,29,31)/t24-/m0/s1. The lowest BCUT2D eigenvalue weighted by atomic mass is 9.92. The second-order valence-electron chi connectivity index (χ2n) is 7.87. The van der Waals surface area contributed by atoms with Gasteiger partial charge in [0, 0.05) is 29.2 Å². The van der Waals surface area contributed by atoms with Gasteiger partial charge in [0.05, 0.1) is 11.7 Å². The summed E-state index contributed by atoms with van der Waals surface area (Å²) in [6.45, 7) is 2.46. The minimum atomic E-state index is -0.676. The summed E-state index contributed by atoms with van der Waals surface area (Å²) in [5, 5.41) is 3.70. The van der Waals surface area contributed by atoms with Crippen molar-refractivity contribution in [2.24, 2.45) is 0 Å². The zero-order valence-corrected chi connectivity index (χ0v) is 17.0. The van der Waals surface area contributed by atoms with Crippen LogP contribution in [-0.2, 0) is 6.42 Å². The molecule has 0 saturated carbocycles. The quantitative estimate of drug-likeness (QED) is 0.417. The van der Waals surface area contributed by atoms with Gasteiger partial charge >= 0.3 is 6.03 Å². The summed E-state index contributed by atoms with van der Waals surface area (Å²) in [7, 11) is 0. The Bertz CT molecular complexity index is 1280. The molecule has 5 rings (SSSR count). The summed E-state index contributed by atoms with van der Waals surface area (Å²) >= 11 is 0. The lowest BCUT2D eigenvalue weighted by Crippen LogP contribution is -2.43. The number of H-pyrrole nitrogens is 1. The van der Waals surface area contributed by atoms with Crippen LogP contribution < -0.4 is 5.32 Å². The number of amides is 2. The molecule has 156 valence electrons. The predicted octanol–water partition coefficient (Wildman–Crippen LogP) is 5.93. The molecular formula is C25H21F2N3O. The Hall–Kier alpha value is -3.67. The highest BCUT2D eigenvalue weighted by Crippen LogP contribution is 2.38. The Morgan fingerprint density at radius 2 is 1.84 bits per heavy atom. The largest absolute Gasteiger partial charge is 0.356 e. The summed E-state index contributed by atoms with van der Waals surface area (Å²) in [4.78, 5) is 18.4. The Labute approximate surface area is 178 Å². The van der Waals surface area contributed by atoms with E-state index in [4.69, 9.17) is 0 Å². The smallest absolute Gasteiger partial charge is 0.322 e. The Morgan fingerprint density at radius 1 is 1.06 bits per heavy atom. The maximum Gasteiger partial charge on any atom is 0.322 e. The lowest BCUT2D eigenvalue weighted by Gasteiger charge is -2.36.